The largest absolute Gasteiger partial charge is 0.445 e. The smallest absolute Gasteiger partial charge is 0.404 e. The molecule has 0 radical (unpaired) electrons. The number of carbonyl (C=O) groups excluding carboxylic acids is 3. The van der Waals surface area contributed by atoms with Crippen molar-refractivity contribution in [2.75, 3.05) is 27.7 Å². The number of nitrogens with zero attached hydrogens (tertiary/aromatic N) is 2. The van der Waals surface area contributed by atoms with Gasteiger partial charge in [0, 0.05) is 44.8 Å². The van der Waals surface area contributed by atoms with Crippen LogP contribution >= 0.6 is 0 Å². The lowest BCUT2D eigenvalue weighted by Crippen LogP contribution is -2.54. The number of carbonyl (C=O) groups is 3. The maximum absolute atomic E-state index is 14.7. The molecule has 3 amide bonds. The van der Waals surface area contributed by atoms with Gasteiger partial charge in [-0.1, -0.05) is 148 Å². The van der Waals surface area contributed by atoms with E-state index in [1.54, 1.807) is 31.0 Å². The Morgan fingerprint density at radius 3 is 1.43 bits per heavy atom. The predicted molar refractivity (Wildman–Crippen MR) is 287 cm³/mol. The number of aliphatic hydroxyl groups is 2. The molecule has 68 heavy (non-hydrogen) atoms. The molecule has 0 fully saturated rings. The summed E-state index contributed by atoms with van der Waals surface area (Å²) in [5.41, 5.74) is 5.63. The summed E-state index contributed by atoms with van der Waals surface area (Å²) in [7, 11) is -2.40. The number of rotatable bonds is 27. The number of aliphatic hydroxyl groups excluding tert-OH is 2. The molecule has 8 unspecified atom stereocenters. The van der Waals surface area contributed by atoms with E-state index < -0.39 is 85.2 Å². The van der Waals surface area contributed by atoms with Crippen LogP contribution in [0.3, 0.4) is 0 Å². The van der Waals surface area contributed by atoms with Gasteiger partial charge in [0.2, 0.25) is 5.91 Å². The molecule has 13 atom stereocenters. The van der Waals surface area contributed by atoms with Gasteiger partial charge in [-0.15, -0.1) is 0 Å². The van der Waals surface area contributed by atoms with E-state index in [0.29, 0.717) is 6.54 Å². The molecule has 0 aromatic carbocycles. The van der Waals surface area contributed by atoms with E-state index in [1.807, 2.05) is 53.0 Å². The minimum atomic E-state index is -2.46. The molecule has 0 aromatic heterocycles. The van der Waals surface area contributed by atoms with E-state index in [0.717, 1.165) is 0 Å². The normalized spacial score (nSPS) is 19.5. The van der Waals surface area contributed by atoms with E-state index in [2.05, 4.69) is 122 Å². The number of ether oxygens (including phenoxy) is 1. The molecule has 0 aliphatic carbocycles. The van der Waals surface area contributed by atoms with Crippen molar-refractivity contribution in [1.29, 1.82) is 0 Å². The molecule has 0 aliphatic rings. The molecular formula is C52H103N3O10Si3. The molecule has 0 aromatic rings. The minimum absolute atomic E-state index is 0.0341. The van der Waals surface area contributed by atoms with E-state index in [9.17, 15) is 24.6 Å². The van der Waals surface area contributed by atoms with Crippen LogP contribution in [0.4, 0.5) is 4.79 Å². The van der Waals surface area contributed by atoms with Crippen LogP contribution in [0.5, 0.6) is 0 Å². The molecular weight excluding hydrogens is 911 g/mol. The summed E-state index contributed by atoms with van der Waals surface area (Å²) < 4.78 is 26.9. The van der Waals surface area contributed by atoms with Crippen molar-refractivity contribution in [3.05, 3.63) is 37.0 Å². The van der Waals surface area contributed by atoms with E-state index in [1.165, 1.54) is 12.2 Å². The van der Waals surface area contributed by atoms with Crippen molar-refractivity contribution < 1.29 is 47.4 Å². The third-order valence-electron chi connectivity index (χ3n) is 15.7. The van der Waals surface area contributed by atoms with Gasteiger partial charge in [0.25, 0.3) is 5.91 Å². The van der Waals surface area contributed by atoms with Gasteiger partial charge in [-0.3, -0.25) is 14.4 Å². The molecule has 0 heterocycles. The van der Waals surface area contributed by atoms with Crippen molar-refractivity contribution in [2.24, 2.45) is 47.2 Å². The van der Waals surface area contributed by atoms with Gasteiger partial charge in [-0.2, -0.15) is 0 Å². The van der Waals surface area contributed by atoms with Gasteiger partial charge < -0.3 is 38.9 Å². The average Bonchev–Trinajstić information content (AvgIpc) is 3.20. The van der Waals surface area contributed by atoms with E-state index in [-0.39, 0.29) is 57.2 Å². The molecule has 13 nitrogen and oxygen atoms in total. The van der Waals surface area contributed by atoms with Gasteiger partial charge in [0.15, 0.2) is 25.0 Å². The zero-order valence-corrected chi connectivity index (χ0v) is 50.6. The van der Waals surface area contributed by atoms with Crippen molar-refractivity contribution in [3.8, 4) is 0 Å². The molecule has 4 N–H and O–H groups in total. The maximum Gasteiger partial charge on any atom is 0.404 e. The maximum atomic E-state index is 14.7. The highest BCUT2D eigenvalue weighted by atomic mass is 28.4. The number of allylic oxidation sites excluding steroid dienone is 2. The second kappa shape index (κ2) is 26.5. The summed E-state index contributed by atoms with van der Waals surface area (Å²) in [5, 5.41) is 23.9. The third-order valence-corrected chi connectivity index (χ3v) is 29.1. The molecule has 398 valence electrons. The van der Waals surface area contributed by atoms with Crippen LogP contribution in [-0.4, -0.2) is 127 Å². The summed E-state index contributed by atoms with van der Waals surface area (Å²) in [4.78, 5) is 47.4. The van der Waals surface area contributed by atoms with Crippen molar-refractivity contribution in [2.45, 2.75) is 208 Å². The highest BCUT2D eigenvalue weighted by Crippen LogP contribution is 2.43. The summed E-state index contributed by atoms with van der Waals surface area (Å²) in [5.74, 6) is -3.05. The van der Waals surface area contributed by atoms with Gasteiger partial charge in [0.05, 0.1) is 49.5 Å². The Hall–Kier alpha value is -2.16. The van der Waals surface area contributed by atoms with Crippen molar-refractivity contribution in [3.63, 3.8) is 0 Å². The summed E-state index contributed by atoms with van der Waals surface area (Å²) >= 11 is 0. The number of hydroxylamine groups is 2. The Morgan fingerprint density at radius 2 is 1.03 bits per heavy atom. The Labute approximate surface area is 418 Å². The molecule has 0 saturated heterocycles. The lowest BCUT2D eigenvalue weighted by atomic mass is 9.83. The van der Waals surface area contributed by atoms with Crippen molar-refractivity contribution in [1.82, 2.24) is 9.96 Å². The minimum Gasteiger partial charge on any atom is -0.445 e. The van der Waals surface area contributed by atoms with Crippen LogP contribution in [0.2, 0.25) is 54.4 Å². The first-order chi connectivity index (χ1) is 30.5. The highest BCUT2D eigenvalue weighted by Gasteiger charge is 2.48. The summed E-state index contributed by atoms with van der Waals surface area (Å²) in [6, 6.07) is 0. The number of hydrogen-bond acceptors (Lipinski definition) is 10. The molecule has 0 aliphatic heterocycles. The molecule has 0 spiro atoms. The second-order valence-corrected chi connectivity index (χ2v) is 38.8. The highest BCUT2D eigenvalue weighted by molar-refractivity contribution is 6.75. The first kappa shape index (κ1) is 65.8. The Kier molecular flexibility index (Phi) is 25.7. The van der Waals surface area contributed by atoms with Crippen LogP contribution in [0.1, 0.15) is 117 Å². The van der Waals surface area contributed by atoms with Crippen LogP contribution in [0.25, 0.3) is 0 Å². The number of nitrogens with two attached hydrogens (primary N) is 1. The van der Waals surface area contributed by atoms with Crippen LogP contribution < -0.4 is 5.73 Å². The average molecular weight is 1010 g/mol. The van der Waals surface area contributed by atoms with E-state index in [4.69, 9.17) is 28.6 Å². The molecule has 0 rings (SSSR count). The van der Waals surface area contributed by atoms with Gasteiger partial charge in [-0.05, 0) is 66.2 Å². The lowest BCUT2D eigenvalue weighted by molar-refractivity contribution is -0.177. The number of hydrogen-bond donors (Lipinski definition) is 3. The first-order valence-electron chi connectivity index (χ1n) is 24.9. The van der Waals surface area contributed by atoms with Crippen LogP contribution in [0.15, 0.2) is 37.0 Å². The summed E-state index contributed by atoms with van der Waals surface area (Å²) in [6.45, 7) is 50.3. The Balaban J connectivity index is 6.91. The van der Waals surface area contributed by atoms with Gasteiger partial charge >= 0.3 is 6.09 Å². The monoisotopic (exact) mass is 1010 g/mol. The SMILES string of the molecule is C=C/C=C\[C@H](C)C(OC(N)=O)C(C)C(O[Si](C)(C)C(C)(C)C)C(C)C(=O)N(C)C[C@H](C)[C@@H](O[Si](C)(C)C(C)(C)C)[C@@H](C)/C=C\C(O)C[C@H](O)C(C)C(O[Si](C)(C)C(C)(C)C)C(C)C(=O)N(C)OC. The zero-order chi connectivity index (χ0) is 53.9. The fourth-order valence-electron chi connectivity index (χ4n) is 7.80. The van der Waals surface area contributed by atoms with Crippen molar-refractivity contribution >= 4 is 42.9 Å². The lowest BCUT2D eigenvalue weighted by Gasteiger charge is -2.45. The fourth-order valence-corrected chi connectivity index (χ4v) is 12.2. The molecule has 0 bridgehead atoms. The topological polar surface area (TPSA) is 170 Å². The van der Waals surface area contributed by atoms with Crippen LogP contribution in [-0.2, 0) is 32.4 Å². The second-order valence-electron chi connectivity index (χ2n) is 24.5. The number of primary amides is 1. The Morgan fingerprint density at radius 1 is 0.632 bits per heavy atom. The fraction of sp³-hybridized carbons (Fsp3) is 0.827. The predicted octanol–water partition coefficient (Wildman–Crippen LogP) is 11.0. The zero-order valence-electron chi connectivity index (χ0n) is 47.6. The molecule has 0 saturated carbocycles. The number of amides is 3. The van der Waals surface area contributed by atoms with Gasteiger partial charge in [-0.25, -0.2) is 9.86 Å². The van der Waals surface area contributed by atoms with E-state index >= 15 is 0 Å². The molecule has 16 heteroatoms. The summed E-state index contributed by atoms with van der Waals surface area (Å²) in [6.07, 6.45) is 4.01. The first-order valence-corrected chi connectivity index (χ1v) is 33.7. The van der Waals surface area contributed by atoms with Gasteiger partial charge in [0.1, 0.15) is 6.10 Å². The van der Waals surface area contributed by atoms with Crippen LogP contribution in [0, 0.1) is 41.4 Å². The third kappa shape index (κ3) is 19.1. The Bertz CT molecular complexity index is 1650. The quantitative estimate of drug-likeness (QED) is 0.0311. The standard InChI is InChI=1S/C52H103N3O10Si3/c1-27-28-29-34(2)44(62-49(53)60)38(6)46(65-68(25,26)52(15,16)17)39(7)47(58)54(18)33-36(4)43(63-66(21,22)50(9,10)11)35(3)30-31-41(56)32-42(57)37(5)45(40(8)48(59)55(19)61-20)64-67(23,24)51(12,13)14/h27-31,34-46,56-57H,1,32-33H2,2-26H3,(H2,53,60)/b29-28-,31-30-/t34-,35-,36-,37?,38?,39?,40?,41?,42-,43-,44?,45?,46?/m0/s1.